The van der Waals surface area contributed by atoms with E-state index in [2.05, 4.69) is 36.1 Å². The van der Waals surface area contributed by atoms with Crippen molar-refractivity contribution in [1.29, 1.82) is 0 Å². The Balaban J connectivity index is 1.65. The molecule has 148 valence electrons. The monoisotopic (exact) mass is 389 g/mol. The smallest absolute Gasteiger partial charge is 0.146 e. The summed E-state index contributed by atoms with van der Waals surface area (Å²) >= 11 is 1.89. The van der Waals surface area contributed by atoms with Crippen LogP contribution in [0, 0.1) is 5.92 Å². The van der Waals surface area contributed by atoms with Crippen molar-refractivity contribution >= 4 is 27.4 Å². The first kappa shape index (κ1) is 19.1. The fourth-order valence-electron chi connectivity index (χ4n) is 3.94. The van der Waals surface area contributed by atoms with Gasteiger partial charge in [-0.2, -0.15) is 0 Å². The van der Waals surface area contributed by atoms with Crippen LogP contribution in [0.4, 0.5) is 5.82 Å². The molecule has 1 aliphatic heterocycles. The van der Waals surface area contributed by atoms with Crippen molar-refractivity contribution in [2.45, 2.75) is 32.7 Å². The summed E-state index contributed by atoms with van der Waals surface area (Å²) in [6, 6.07) is 0. The second kappa shape index (κ2) is 8.39. The first-order valence-electron chi connectivity index (χ1n) is 10.1. The van der Waals surface area contributed by atoms with Crippen molar-refractivity contribution in [2.24, 2.45) is 5.92 Å². The number of thiophene rings is 1. The fraction of sp³-hybridized carbons (Fsp3) is 0.700. The van der Waals surface area contributed by atoms with Crippen molar-refractivity contribution in [1.82, 2.24) is 19.8 Å². The third-order valence-electron chi connectivity index (χ3n) is 5.52. The molecule has 0 aromatic carbocycles. The van der Waals surface area contributed by atoms with Gasteiger partial charge in [0.2, 0.25) is 0 Å². The van der Waals surface area contributed by atoms with Crippen LogP contribution in [0.5, 0.6) is 0 Å². The molecular formula is C20H31N5OS. The molecule has 4 rings (SSSR count). The minimum Gasteiger partial charge on any atom is -0.379 e. The van der Waals surface area contributed by atoms with Crippen molar-refractivity contribution in [2.75, 3.05) is 58.8 Å². The lowest BCUT2D eigenvalue weighted by atomic mass is 9.89. The lowest BCUT2D eigenvalue weighted by Crippen LogP contribution is -2.36. The van der Waals surface area contributed by atoms with Crippen LogP contribution < -0.4 is 5.32 Å². The number of morpholine rings is 1. The van der Waals surface area contributed by atoms with Gasteiger partial charge < -0.3 is 15.0 Å². The standard InChI is InChI=1S/C20H31N5OS/c1-14-4-5-15-16(12-14)27-20-18(15)19(21-6-7-24(2)3)22-17(23-20)13-25-8-10-26-11-9-25/h14H,4-13H2,1-3H3,(H,21,22,23)/t14-/m0/s1. The summed E-state index contributed by atoms with van der Waals surface area (Å²) in [4.78, 5) is 17.2. The van der Waals surface area contributed by atoms with E-state index in [-0.39, 0.29) is 0 Å². The number of nitrogens with zero attached hydrogens (tertiary/aromatic N) is 4. The predicted octanol–water partition coefficient (Wildman–Crippen LogP) is 2.62. The van der Waals surface area contributed by atoms with Gasteiger partial charge in [0.15, 0.2) is 0 Å². The molecule has 2 aromatic heterocycles. The highest BCUT2D eigenvalue weighted by Gasteiger charge is 2.24. The summed E-state index contributed by atoms with van der Waals surface area (Å²) < 4.78 is 5.47. The van der Waals surface area contributed by atoms with Gasteiger partial charge in [0.25, 0.3) is 0 Å². The number of nitrogens with one attached hydrogen (secondary N) is 1. The van der Waals surface area contributed by atoms with Gasteiger partial charge >= 0.3 is 0 Å². The van der Waals surface area contributed by atoms with E-state index in [1.807, 2.05) is 11.3 Å². The van der Waals surface area contributed by atoms with Crippen LogP contribution >= 0.6 is 11.3 Å². The molecule has 1 aliphatic carbocycles. The Morgan fingerprint density at radius 3 is 2.85 bits per heavy atom. The first-order valence-corrected chi connectivity index (χ1v) is 10.9. The minimum absolute atomic E-state index is 0.775. The number of aryl methyl sites for hydroxylation is 1. The predicted molar refractivity (Wildman–Crippen MR) is 112 cm³/mol. The fourth-order valence-corrected chi connectivity index (χ4v) is 5.34. The van der Waals surface area contributed by atoms with Gasteiger partial charge in [0.05, 0.1) is 25.1 Å². The lowest BCUT2D eigenvalue weighted by molar-refractivity contribution is 0.0331. The average molecular weight is 390 g/mol. The maximum atomic E-state index is 5.47. The summed E-state index contributed by atoms with van der Waals surface area (Å²) in [5.74, 6) is 2.75. The highest BCUT2D eigenvalue weighted by atomic mass is 32.1. The summed E-state index contributed by atoms with van der Waals surface area (Å²) in [6.07, 6.45) is 3.61. The van der Waals surface area contributed by atoms with Crippen molar-refractivity contribution in [3.05, 3.63) is 16.3 Å². The maximum Gasteiger partial charge on any atom is 0.146 e. The molecule has 1 fully saturated rings. The number of ether oxygens (including phenoxy) is 1. The van der Waals surface area contributed by atoms with Crippen LogP contribution in [0.25, 0.3) is 10.2 Å². The average Bonchev–Trinajstić information content (AvgIpc) is 2.99. The molecule has 3 heterocycles. The van der Waals surface area contributed by atoms with Gasteiger partial charge in [0, 0.05) is 31.1 Å². The molecule has 0 saturated carbocycles. The molecule has 1 saturated heterocycles. The lowest BCUT2D eigenvalue weighted by Gasteiger charge is -2.26. The molecule has 2 aromatic rings. The minimum atomic E-state index is 0.775. The normalized spacial score (nSPS) is 21.0. The number of likely N-dealkylation sites (N-methyl/N-ethyl adjacent to an activating group) is 1. The molecule has 0 spiro atoms. The van der Waals surface area contributed by atoms with Crippen LogP contribution in [0.15, 0.2) is 0 Å². The van der Waals surface area contributed by atoms with E-state index in [9.17, 15) is 0 Å². The van der Waals surface area contributed by atoms with Crippen molar-refractivity contribution < 1.29 is 4.74 Å². The molecule has 1 N–H and O–H groups in total. The number of rotatable bonds is 6. The summed E-state index contributed by atoms with van der Waals surface area (Å²) in [7, 11) is 4.21. The van der Waals surface area contributed by atoms with E-state index in [0.29, 0.717) is 0 Å². The molecule has 2 aliphatic rings. The summed E-state index contributed by atoms with van der Waals surface area (Å²) in [5.41, 5.74) is 1.50. The number of hydrogen-bond acceptors (Lipinski definition) is 7. The number of aromatic nitrogens is 2. The largest absolute Gasteiger partial charge is 0.379 e. The quantitative estimate of drug-likeness (QED) is 0.820. The van der Waals surface area contributed by atoms with E-state index in [4.69, 9.17) is 14.7 Å². The molecule has 0 amide bonds. The van der Waals surface area contributed by atoms with Crippen LogP contribution in [-0.2, 0) is 24.1 Å². The van der Waals surface area contributed by atoms with Gasteiger partial charge in [0.1, 0.15) is 16.5 Å². The van der Waals surface area contributed by atoms with E-state index in [1.165, 1.54) is 33.5 Å². The Kier molecular flexibility index (Phi) is 5.92. The molecule has 0 bridgehead atoms. The molecule has 0 radical (unpaired) electrons. The third-order valence-corrected chi connectivity index (χ3v) is 6.67. The zero-order chi connectivity index (χ0) is 18.8. The Hall–Kier alpha value is -1.28. The van der Waals surface area contributed by atoms with E-state index >= 15 is 0 Å². The van der Waals surface area contributed by atoms with Crippen molar-refractivity contribution in [3.63, 3.8) is 0 Å². The Morgan fingerprint density at radius 1 is 1.26 bits per heavy atom. The van der Waals surface area contributed by atoms with Crippen LogP contribution in [0.2, 0.25) is 0 Å². The Morgan fingerprint density at radius 2 is 2.07 bits per heavy atom. The van der Waals surface area contributed by atoms with Gasteiger partial charge in [-0.05, 0) is 44.8 Å². The molecule has 0 unspecified atom stereocenters. The van der Waals surface area contributed by atoms with E-state index in [1.54, 1.807) is 0 Å². The van der Waals surface area contributed by atoms with Gasteiger partial charge in [-0.1, -0.05) is 6.92 Å². The maximum absolute atomic E-state index is 5.47. The molecule has 6 nitrogen and oxygen atoms in total. The Labute approximate surface area is 165 Å². The Bertz CT molecular complexity index is 784. The number of anilines is 1. The van der Waals surface area contributed by atoms with Gasteiger partial charge in [-0.15, -0.1) is 11.3 Å². The molecule has 7 heteroatoms. The summed E-state index contributed by atoms with van der Waals surface area (Å²) in [5, 5.41) is 4.90. The first-order chi connectivity index (χ1) is 13.1. The number of fused-ring (bicyclic) bond motifs is 3. The zero-order valence-electron chi connectivity index (χ0n) is 16.8. The topological polar surface area (TPSA) is 53.5 Å². The van der Waals surface area contributed by atoms with E-state index < -0.39 is 0 Å². The SMILES string of the molecule is C[C@H]1CCc2c(sc3nc(CN4CCOCC4)nc(NCCN(C)C)c23)C1. The zero-order valence-corrected chi connectivity index (χ0v) is 17.6. The van der Waals surface area contributed by atoms with Gasteiger partial charge in [-0.3, -0.25) is 4.90 Å². The van der Waals surface area contributed by atoms with Crippen LogP contribution in [0.3, 0.4) is 0 Å². The molecule has 27 heavy (non-hydrogen) atoms. The molecule has 1 atom stereocenters. The second-order valence-corrected chi connectivity index (χ2v) is 9.22. The summed E-state index contributed by atoms with van der Waals surface area (Å²) in [6.45, 7) is 8.60. The number of hydrogen-bond donors (Lipinski definition) is 1. The highest BCUT2D eigenvalue weighted by Crippen LogP contribution is 2.40. The third kappa shape index (κ3) is 4.42. The van der Waals surface area contributed by atoms with Gasteiger partial charge in [-0.25, -0.2) is 9.97 Å². The second-order valence-electron chi connectivity index (χ2n) is 8.14. The molecular weight excluding hydrogens is 358 g/mol. The van der Waals surface area contributed by atoms with Crippen molar-refractivity contribution in [3.8, 4) is 0 Å². The van der Waals surface area contributed by atoms with Crippen LogP contribution in [-0.4, -0.2) is 73.3 Å². The highest BCUT2D eigenvalue weighted by molar-refractivity contribution is 7.19. The van der Waals surface area contributed by atoms with Crippen LogP contribution in [0.1, 0.15) is 29.6 Å². The van der Waals surface area contributed by atoms with E-state index in [0.717, 1.165) is 69.9 Å².